The van der Waals surface area contributed by atoms with Crippen LogP contribution in [0.2, 0.25) is 0 Å². The largest absolute Gasteiger partial charge is 0.250 e. The molecular weight excluding hydrogens is 328 g/mol. The number of hydrogen-bond acceptors (Lipinski definition) is 4. The molecule has 1 aromatic heterocycles. The van der Waals surface area contributed by atoms with Gasteiger partial charge in [-0.15, -0.1) is 11.8 Å². The van der Waals surface area contributed by atoms with Crippen molar-refractivity contribution >= 4 is 21.8 Å². The van der Waals surface area contributed by atoms with Crippen molar-refractivity contribution in [1.29, 1.82) is 0 Å². The van der Waals surface area contributed by atoms with E-state index < -0.39 is 10.0 Å². The summed E-state index contributed by atoms with van der Waals surface area (Å²) in [6, 6.07) is 10.8. The SMILES string of the molecule is CSc1ncccc1[C@@H]1CCCN1S(=O)(=O)c1ccc(C)cc1. The molecule has 0 saturated carbocycles. The summed E-state index contributed by atoms with van der Waals surface area (Å²) in [6.07, 6.45) is 5.44. The van der Waals surface area contributed by atoms with Gasteiger partial charge in [-0.25, -0.2) is 13.4 Å². The molecule has 0 radical (unpaired) electrons. The molecule has 0 spiro atoms. The van der Waals surface area contributed by atoms with Gasteiger partial charge in [-0.2, -0.15) is 4.31 Å². The average Bonchev–Trinajstić information content (AvgIpc) is 3.05. The zero-order chi connectivity index (χ0) is 16.4. The summed E-state index contributed by atoms with van der Waals surface area (Å²) in [5, 5.41) is 0.906. The second kappa shape index (κ2) is 6.63. The van der Waals surface area contributed by atoms with E-state index in [1.807, 2.05) is 37.4 Å². The molecule has 1 saturated heterocycles. The summed E-state index contributed by atoms with van der Waals surface area (Å²) in [7, 11) is -3.48. The normalized spacial score (nSPS) is 19.1. The molecule has 1 aromatic carbocycles. The fraction of sp³-hybridized carbons (Fsp3) is 0.353. The van der Waals surface area contributed by atoms with Gasteiger partial charge in [-0.3, -0.25) is 0 Å². The van der Waals surface area contributed by atoms with Gasteiger partial charge in [0.25, 0.3) is 0 Å². The number of aromatic nitrogens is 1. The number of rotatable bonds is 4. The van der Waals surface area contributed by atoms with Gasteiger partial charge in [-0.1, -0.05) is 23.8 Å². The molecule has 1 atom stereocenters. The molecule has 2 aromatic rings. The van der Waals surface area contributed by atoms with Crippen molar-refractivity contribution in [3.8, 4) is 0 Å². The van der Waals surface area contributed by atoms with Crippen molar-refractivity contribution in [3.63, 3.8) is 0 Å². The molecule has 122 valence electrons. The highest BCUT2D eigenvalue weighted by molar-refractivity contribution is 7.98. The maximum Gasteiger partial charge on any atom is 0.243 e. The number of aryl methyl sites for hydroxylation is 1. The van der Waals surface area contributed by atoms with E-state index in [2.05, 4.69) is 4.98 Å². The van der Waals surface area contributed by atoms with Crippen LogP contribution in [0.25, 0.3) is 0 Å². The van der Waals surface area contributed by atoms with Gasteiger partial charge in [0.2, 0.25) is 10.0 Å². The van der Waals surface area contributed by atoms with Crippen LogP contribution in [0.3, 0.4) is 0 Å². The van der Waals surface area contributed by atoms with Crippen LogP contribution in [-0.2, 0) is 10.0 Å². The summed E-state index contributed by atoms with van der Waals surface area (Å²) >= 11 is 1.56. The van der Waals surface area contributed by atoms with E-state index in [4.69, 9.17) is 0 Å². The Bertz CT molecular complexity index is 788. The van der Waals surface area contributed by atoms with E-state index in [1.165, 1.54) is 0 Å². The summed E-state index contributed by atoms with van der Waals surface area (Å²) < 4.78 is 27.7. The van der Waals surface area contributed by atoms with E-state index in [1.54, 1.807) is 34.4 Å². The molecule has 0 amide bonds. The number of sulfonamides is 1. The van der Waals surface area contributed by atoms with E-state index in [-0.39, 0.29) is 6.04 Å². The topological polar surface area (TPSA) is 50.3 Å². The van der Waals surface area contributed by atoms with Crippen molar-refractivity contribution < 1.29 is 8.42 Å². The fourth-order valence-corrected chi connectivity index (χ4v) is 5.29. The fourth-order valence-electron chi connectivity index (χ4n) is 3.01. The second-order valence-corrected chi connectivity index (χ2v) is 8.37. The zero-order valence-electron chi connectivity index (χ0n) is 13.3. The lowest BCUT2D eigenvalue weighted by molar-refractivity contribution is 0.391. The highest BCUT2D eigenvalue weighted by Crippen LogP contribution is 2.39. The van der Waals surface area contributed by atoms with Gasteiger partial charge >= 0.3 is 0 Å². The van der Waals surface area contributed by atoms with Crippen molar-refractivity contribution in [2.45, 2.75) is 35.7 Å². The van der Waals surface area contributed by atoms with Gasteiger partial charge in [0, 0.05) is 18.3 Å². The van der Waals surface area contributed by atoms with Crippen molar-refractivity contribution in [2.24, 2.45) is 0 Å². The molecule has 2 heterocycles. The number of thioether (sulfide) groups is 1. The minimum absolute atomic E-state index is 0.127. The van der Waals surface area contributed by atoms with Crippen LogP contribution < -0.4 is 0 Å². The van der Waals surface area contributed by atoms with Crippen LogP contribution in [0.4, 0.5) is 0 Å². The van der Waals surface area contributed by atoms with Gasteiger partial charge in [0.1, 0.15) is 5.03 Å². The predicted molar refractivity (Wildman–Crippen MR) is 93.1 cm³/mol. The molecule has 0 bridgehead atoms. The highest BCUT2D eigenvalue weighted by atomic mass is 32.2. The summed E-state index contributed by atoms with van der Waals surface area (Å²) in [5.41, 5.74) is 2.06. The lowest BCUT2D eigenvalue weighted by Gasteiger charge is -2.25. The minimum Gasteiger partial charge on any atom is -0.250 e. The Labute approximate surface area is 142 Å². The van der Waals surface area contributed by atoms with Crippen LogP contribution in [0.1, 0.15) is 30.0 Å². The van der Waals surface area contributed by atoms with Crippen molar-refractivity contribution in [3.05, 3.63) is 53.7 Å². The summed E-state index contributed by atoms with van der Waals surface area (Å²) in [4.78, 5) is 4.75. The number of nitrogens with zero attached hydrogens (tertiary/aromatic N) is 2. The third-order valence-electron chi connectivity index (χ3n) is 4.18. The zero-order valence-corrected chi connectivity index (χ0v) is 14.9. The van der Waals surface area contributed by atoms with Crippen LogP contribution in [0.15, 0.2) is 52.5 Å². The van der Waals surface area contributed by atoms with Crippen LogP contribution >= 0.6 is 11.8 Å². The predicted octanol–water partition coefficient (Wildman–Crippen LogP) is 3.64. The lowest BCUT2D eigenvalue weighted by Crippen LogP contribution is -2.31. The third-order valence-corrected chi connectivity index (χ3v) is 6.83. The molecule has 1 aliphatic heterocycles. The van der Waals surface area contributed by atoms with E-state index in [0.717, 1.165) is 29.0 Å². The second-order valence-electron chi connectivity index (χ2n) is 5.69. The third kappa shape index (κ3) is 3.16. The van der Waals surface area contributed by atoms with Crippen LogP contribution in [0.5, 0.6) is 0 Å². The Kier molecular flexibility index (Phi) is 4.75. The van der Waals surface area contributed by atoms with Gasteiger partial charge < -0.3 is 0 Å². The first-order valence-electron chi connectivity index (χ1n) is 7.61. The Balaban J connectivity index is 1.99. The maximum atomic E-state index is 13.0. The molecule has 0 aliphatic carbocycles. The standard InChI is InChI=1S/C17H20N2O2S2/c1-13-7-9-14(10-8-13)23(20,21)19-12-4-6-16(19)15-5-3-11-18-17(15)22-2/h3,5,7-11,16H,4,6,12H2,1-2H3/t16-/m0/s1. The van der Waals surface area contributed by atoms with Gasteiger partial charge in [-0.05, 0) is 44.2 Å². The molecule has 4 nitrogen and oxygen atoms in total. The Morgan fingerprint density at radius 2 is 1.96 bits per heavy atom. The molecule has 6 heteroatoms. The highest BCUT2D eigenvalue weighted by Gasteiger charge is 2.37. The Morgan fingerprint density at radius 1 is 1.22 bits per heavy atom. The lowest BCUT2D eigenvalue weighted by atomic mass is 10.1. The number of pyridine rings is 1. The first kappa shape index (κ1) is 16.5. The van der Waals surface area contributed by atoms with Gasteiger partial charge in [0.05, 0.1) is 10.9 Å². The summed E-state index contributed by atoms with van der Waals surface area (Å²) in [5.74, 6) is 0. The molecule has 0 unspecified atom stereocenters. The van der Waals surface area contributed by atoms with Crippen molar-refractivity contribution in [2.75, 3.05) is 12.8 Å². The van der Waals surface area contributed by atoms with E-state index in [0.29, 0.717) is 11.4 Å². The van der Waals surface area contributed by atoms with Crippen molar-refractivity contribution in [1.82, 2.24) is 9.29 Å². The first-order chi connectivity index (χ1) is 11.0. The Morgan fingerprint density at radius 3 is 2.65 bits per heavy atom. The smallest absolute Gasteiger partial charge is 0.243 e. The molecule has 1 aliphatic rings. The van der Waals surface area contributed by atoms with Crippen LogP contribution in [-0.4, -0.2) is 30.5 Å². The first-order valence-corrected chi connectivity index (χ1v) is 10.3. The van der Waals surface area contributed by atoms with E-state index >= 15 is 0 Å². The minimum atomic E-state index is -3.48. The molecular formula is C17H20N2O2S2. The van der Waals surface area contributed by atoms with Gasteiger partial charge in [0.15, 0.2) is 0 Å². The molecule has 3 rings (SSSR count). The number of benzene rings is 1. The quantitative estimate of drug-likeness (QED) is 0.792. The molecule has 0 N–H and O–H groups in total. The number of hydrogen-bond donors (Lipinski definition) is 0. The summed E-state index contributed by atoms with van der Waals surface area (Å²) in [6.45, 7) is 2.51. The maximum absolute atomic E-state index is 13.0. The average molecular weight is 348 g/mol. The molecule has 1 fully saturated rings. The monoisotopic (exact) mass is 348 g/mol. The van der Waals surface area contributed by atoms with E-state index in [9.17, 15) is 8.42 Å². The van der Waals surface area contributed by atoms with Crippen LogP contribution in [0, 0.1) is 6.92 Å². The Hall–Kier alpha value is -1.37. The molecule has 23 heavy (non-hydrogen) atoms.